The van der Waals surface area contributed by atoms with Gasteiger partial charge in [0.05, 0.1) is 10.0 Å². The summed E-state index contributed by atoms with van der Waals surface area (Å²) in [6, 6.07) is 11.3. The third kappa shape index (κ3) is 2.83. The van der Waals surface area contributed by atoms with E-state index in [4.69, 9.17) is 10.00 Å². The third-order valence-corrected chi connectivity index (χ3v) is 2.82. The van der Waals surface area contributed by atoms with Gasteiger partial charge in [-0.1, -0.05) is 12.1 Å². The van der Waals surface area contributed by atoms with Gasteiger partial charge < -0.3 is 4.74 Å². The molecule has 84 valence electrons. The Morgan fingerprint density at radius 1 is 1.29 bits per heavy atom. The van der Waals surface area contributed by atoms with Crippen molar-refractivity contribution >= 4 is 15.9 Å². The summed E-state index contributed by atoms with van der Waals surface area (Å²) in [5.74, 6) is 0.568. The Balaban J connectivity index is 2.17. The summed E-state index contributed by atoms with van der Waals surface area (Å²) < 4.78 is 6.41. The molecular weight excluding hydrogens is 280 g/mol. The average Bonchev–Trinajstić information content (AvgIpc) is 2.38. The van der Waals surface area contributed by atoms with Crippen LogP contribution in [0.3, 0.4) is 0 Å². The average molecular weight is 289 g/mol. The first-order valence-electron chi connectivity index (χ1n) is 5.01. The SMILES string of the molecule is N#Cc1cccc(Br)c1OCc1cccnc1. The predicted octanol–water partition coefficient (Wildman–Crippen LogP) is 3.29. The molecule has 0 aliphatic rings. The van der Waals surface area contributed by atoms with Crippen LogP contribution in [0.1, 0.15) is 11.1 Å². The molecule has 0 saturated carbocycles. The molecule has 0 aliphatic carbocycles. The zero-order valence-corrected chi connectivity index (χ0v) is 10.5. The second kappa shape index (κ2) is 5.46. The minimum absolute atomic E-state index is 0.394. The first-order valence-corrected chi connectivity index (χ1v) is 5.81. The molecule has 0 unspecified atom stereocenters. The van der Waals surface area contributed by atoms with Crippen LogP contribution in [0.2, 0.25) is 0 Å². The minimum Gasteiger partial charge on any atom is -0.486 e. The monoisotopic (exact) mass is 288 g/mol. The third-order valence-electron chi connectivity index (χ3n) is 2.19. The first-order chi connectivity index (χ1) is 8.31. The topological polar surface area (TPSA) is 45.9 Å². The molecule has 4 heteroatoms. The van der Waals surface area contributed by atoms with Crippen LogP contribution in [-0.4, -0.2) is 4.98 Å². The summed E-state index contributed by atoms with van der Waals surface area (Å²) in [7, 11) is 0. The largest absolute Gasteiger partial charge is 0.486 e. The van der Waals surface area contributed by atoms with Crippen molar-refractivity contribution in [2.45, 2.75) is 6.61 Å². The fourth-order valence-corrected chi connectivity index (χ4v) is 1.86. The molecule has 0 fully saturated rings. The van der Waals surface area contributed by atoms with Crippen LogP contribution < -0.4 is 4.74 Å². The Kier molecular flexibility index (Phi) is 3.73. The van der Waals surface area contributed by atoms with E-state index in [0.717, 1.165) is 10.0 Å². The van der Waals surface area contributed by atoms with Gasteiger partial charge in [-0.3, -0.25) is 4.98 Å². The fourth-order valence-electron chi connectivity index (χ4n) is 1.38. The molecule has 2 aromatic rings. The summed E-state index contributed by atoms with van der Waals surface area (Å²) in [5.41, 5.74) is 1.48. The van der Waals surface area contributed by atoms with Gasteiger partial charge >= 0.3 is 0 Å². The summed E-state index contributed by atoms with van der Waals surface area (Å²) in [6.07, 6.45) is 3.45. The van der Waals surface area contributed by atoms with Crippen LogP contribution in [0.4, 0.5) is 0 Å². The molecule has 1 heterocycles. The first kappa shape index (κ1) is 11.6. The van der Waals surface area contributed by atoms with Crippen molar-refractivity contribution in [2.75, 3.05) is 0 Å². The van der Waals surface area contributed by atoms with Crippen molar-refractivity contribution in [1.29, 1.82) is 5.26 Å². The smallest absolute Gasteiger partial charge is 0.151 e. The number of para-hydroxylation sites is 1. The lowest BCUT2D eigenvalue weighted by atomic mass is 10.2. The van der Waals surface area contributed by atoms with Crippen molar-refractivity contribution in [2.24, 2.45) is 0 Å². The zero-order chi connectivity index (χ0) is 12.1. The van der Waals surface area contributed by atoms with Crippen molar-refractivity contribution in [3.05, 3.63) is 58.3 Å². The summed E-state index contributed by atoms with van der Waals surface area (Å²) in [6.45, 7) is 0.394. The van der Waals surface area contributed by atoms with Crippen LogP contribution in [0, 0.1) is 11.3 Å². The molecule has 0 atom stereocenters. The van der Waals surface area contributed by atoms with E-state index in [1.54, 1.807) is 24.5 Å². The van der Waals surface area contributed by atoms with Gasteiger partial charge in [-0.2, -0.15) is 5.26 Å². The molecule has 0 radical (unpaired) electrons. The maximum absolute atomic E-state index is 8.98. The van der Waals surface area contributed by atoms with Crippen molar-refractivity contribution < 1.29 is 4.74 Å². The number of rotatable bonds is 3. The number of aromatic nitrogens is 1. The lowest BCUT2D eigenvalue weighted by molar-refractivity contribution is 0.303. The highest BCUT2D eigenvalue weighted by Crippen LogP contribution is 2.29. The second-order valence-electron chi connectivity index (χ2n) is 3.38. The lowest BCUT2D eigenvalue weighted by Gasteiger charge is -2.09. The molecule has 1 aromatic heterocycles. The van der Waals surface area contributed by atoms with Gasteiger partial charge in [0.1, 0.15) is 12.7 Å². The van der Waals surface area contributed by atoms with Gasteiger partial charge in [-0.05, 0) is 34.1 Å². The Bertz CT molecular complexity index is 549. The highest BCUT2D eigenvalue weighted by molar-refractivity contribution is 9.10. The number of pyridine rings is 1. The van der Waals surface area contributed by atoms with Crippen molar-refractivity contribution in [3.63, 3.8) is 0 Å². The van der Waals surface area contributed by atoms with E-state index in [2.05, 4.69) is 27.0 Å². The van der Waals surface area contributed by atoms with Crippen molar-refractivity contribution in [3.8, 4) is 11.8 Å². The normalized spacial score (nSPS) is 9.65. The molecule has 0 N–H and O–H groups in total. The predicted molar refractivity (Wildman–Crippen MR) is 67.4 cm³/mol. The number of nitriles is 1. The molecule has 1 aromatic carbocycles. The van der Waals surface area contributed by atoms with Crippen molar-refractivity contribution in [1.82, 2.24) is 4.98 Å². The maximum Gasteiger partial charge on any atom is 0.151 e. The number of halogens is 1. The number of ether oxygens (including phenoxy) is 1. The van der Waals surface area contributed by atoms with Crippen LogP contribution >= 0.6 is 15.9 Å². The van der Waals surface area contributed by atoms with E-state index in [1.165, 1.54) is 0 Å². The number of nitrogens with zero attached hydrogens (tertiary/aromatic N) is 2. The summed E-state index contributed by atoms with van der Waals surface area (Å²) >= 11 is 3.37. The van der Waals surface area contributed by atoms with Crippen LogP contribution in [0.5, 0.6) is 5.75 Å². The molecule has 0 spiro atoms. The Morgan fingerprint density at radius 3 is 2.88 bits per heavy atom. The standard InChI is InChI=1S/C13H9BrN2O/c14-12-5-1-4-11(7-15)13(12)17-9-10-3-2-6-16-8-10/h1-6,8H,9H2. The maximum atomic E-state index is 8.98. The minimum atomic E-state index is 0.394. The quantitative estimate of drug-likeness (QED) is 0.871. The van der Waals surface area contributed by atoms with Gasteiger partial charge in [0.2, 0.25) is 0 Å². The molecule has 17 heavy (non-hydrogen) atoms. The van der Waals surface area contributed by atoms with Crippen LogP contribution in [0.25, 0.3) is 0 Å². The second-order valence-corrected chi connectivity index (χ2v) is 4.23. The Hall–Kier alpha value is -1.86. The van der Waals surface area contributed by atoms with E-state index in [1.807, 2.05) is 18.2 Å². The lowest BCUT2D eigenvalue weighted by Crippen LogP contribution is -1.98. The molecule has 3 nitrogen and oxygen atoms in total. The van der Waals surface area contributed by atoms with Gasteiger partial charge in [-0.25, -0.2) is 0 Å². The van der Waals surface area contributed by atoms with E-state index in [-0.39, 0.29) is 0 Å². The molecule has 0 saturated heterocycles. The Labute approximate surface area is 108 Å². The van der Waals surface area contributed by atoms with Gasteiger partial charge in [0.15, 0.2) is 5.75 Å². The number of benzene rings is 1. The number of hydrogen-bond donors (Lipinski definition) is 0. The highest BCUT2D eigenvalue weighted by Gasteiger charge is 2.07. The number of hydrogen-bond acceptors (Lipinski definition) is 3. The Morgan fingerprint density at radius 2 is 2.18 bits per heavy atom. The van der Waals surface area contributed by atoms with Gasteiger partial charge in [0, 0.05) is 18.0 Å². The molecule has 0 aliphatic heterocycles. The highest BCUT2D eigenvalue weighted by atomic mass is 79.9. The van der Waals surface area contributed by atoms with E-state index >= 15 is 0 Å². The van der Waals surface area contributed by atoms with E-state index in [9.17, 15) is 0 Å². The zero-order valence-electron chi connectivity index (χ0n) is 8.93. The van der Waals surface area contributed by atoms with Crippen LogP contribution in [-0.2, 0) is 6.61 Å². The fraction of sp³-hybridized carbons (Fsp3) is 0.0769. The molecule has 0 bridgehead atoms. The van der Waals surface area contributed by atoms with Crippen LogP contribution in [0.15, 0.2) is 47.2 Å². The van der Waals surface area contributed by atoms with E-state index in [0.29, 0.717) is 17.9 Å². The van der Waals surface area contributed by atoms with Gasteiger partial charge in [-0.15, -0.1) is 0 Å². The summed E-state index contributed by atoms with van der Waals surface area (Å²) in [4.78, 5) is 4.01. The van der Waals surface area contributed by atoms with E-state index < -0.39 is 0 Å². The molecule has 2 rings (SSSR count). The molecular formula is C13H9BrN2O. The molecule has 0 amide bonds. The summed E-state index contributed by atoms with van der Waals surface area (Å²) in [5, 5.41) is 8.98. The van der Waals surface area contributed by atoms with Gasteiger partial charge in [0.25, 0.3) is 0 Å².